The fraction of sp³-hybridized carbons (Fsp3) is 0.267. The lowest BCUT2D eigenvalue weighted by molar-refractivity contribution is -0.280. The second-order valence-electron chi connectivity index (χ2n) is 9.79. The minimum Gasteiger partial charge on any atom is -0.508 e. The number of benzene rings is 3. The average molecular weight is 581 g/mol. The van der Waals surface area contributed by atoms with Crippen LogP contribution in [0.5, 0.6) is 28.7 Å². The molecule has 0 unspecified atom stereocenters. The van der Waals surface area contributed by atoms with Gasteiger partial charge in [0.2, 0.25) is 6.29 Å². The number of hydrogen-bond acceptors (Lipinski definition) is 12. The van der Waals surface area contributed by atoms with E-state index in [9.17, 15) is 40.2 Å². The summed E-state index contributed by atoms with van der Waals surface area (Å²) >= 11 is 0. The van der Waals surface area contributed by atoms with Crippen LogP contribution in [0.3, 0.4) is 0 Å². The standard InChI is InChI=1S/C30H28O12/c31-14-24-29(42-25(36)10-3-15-1-6-17(32)7-2-15)27(37)28(38)30(41-24)39-19-11-20(34)26-21(35)13-22(40-23(26)12-19)16-4-8-18(33)9-5-16/h1-12,22,24,27-34,37-38H,13-14H2/b10-3+/t22-,24+,27+,28+,29+,30-/m1/s1. The number of hydrogen-bond donors (Lipinski definition) is 6. The molecular formula is C30H28O12. The van der Waals surface area contributed by atoms with Crippen molar-refractivity contribution >= 4 is 17.8 Å². The molecule has 2 aliphatic rings. The summed E-state index contributed by atoms with van der Waals surface area (Å²) in [5.74, 6) is -1.67. The topological polar surface area (TPSA) is 192 Å². The number of esters is 1. The van der Waals surface area contributed by atoms with Gasteiger partial charge in [0, 0.05) is 18.2 Å². The monoisotopic (exact) mass is 580 g/mol. The quantitative estimate of drug-likeness (QED) is 0.176. The van der Waals surface area contributed by atoms with Crippen LogP contribution in [0.15, 0.2) is 66.7 Å². The summed E-state index contributed by atoms with van der Waals surface area (Å²) in [4.78, 5) is 25.2. The highest BCUT2D eigenvalue weighted by Gasteiger charge is 2.47. The first-order valence-corrected chi connectivity index (χ1v) is 13.0. The Morgan fingerprint density at radius 2 is 1.62 bits per heavy atom. The van der Waals surface area contributed by atoms with E-state index in [0.29, 0.717) is 11.1 Å². The lowest BCUT2D eigenvalue weighted by atomic mass is 9.95. The number of carbonyl (C=O) groups is 2. The van der Waals surface area contributed by atoms with Gasteiger partial charge in [-0.3, -0.25) is 4.79 Å². The van der Waals surface area contributed by atoms with Crippen molar-refractivity contribution in [2.24, 2.45) is 0 Å². The summed E-state index contributed by atoms with van der Waals surface area (Å²) in [6.45, 7) is -0.704. The third kappa shape index (κ3) is 6.16. The highest BCUT2D eigenvalue weighted by molar-refractivity contribution is 6.02. The summed E-state index contributed by atoms with van der Waals surface area (Å²) in [5.41, 5.74) is 1.16. The second kappa shape index (κ2) is 12.1. The van der Waals surface area contributed by atoms with E-state index in [1.54, 1.807) is 24.3 Å². The molecule has 3 aromatic carbocycles. The molecule has 1 saturated heterocycles. The number of phenolic OH excluding ortho intramolecular Hbond substituents is 3. The fourth-order valence-corrected chi connectivity index (χ4v) is 4.71. The minimum absolute atomic E-state index is 0.0103. The van der Waals surface area contributed by atoms with Crippen molar-refractivity contribution in [2.45, 2.75) is 43.2 Å². The van der Waals surface area contributed by atoms with Gasteiger partial charge in [0.1, 0.15) is 58.7 Å². The van der Waals surface area contributed by atoms with Gasteiger partial charge in [-0.1, -0.05) is 24.3 Å². The summed E-state index contributed by atoms with van der Waals surface area (Å²) < 4.78 is 22.5. The van der Waals surface area contributed by atoms with Gasteiger partial charge >= 0.3 is 5.97 Å². The average Bonchev–Trinajstić information content (AvgIpc) is 2.96. The number of carbonyl (C=O) groups excluding carboxylic acids is 2. The van der Waals surface area contributed by atoms with Crippen LogP contribution in [0.1, 0.15) is 34.0 Å². The molecule has 0 aromatic heterocycles. The molecule has 5 rings (SSSR count). The van der Waals surface area contributed by atoms with Gasteiger partial charge in [0.25, 0.3) is 0 Å². The normalized spacial score (nSPS) is 25.5. The molecular weight excluding hydrogens is 552 g/mol. The first kappa shape index (κ1) is 28.9. The number of Topliss-reactive ketones (excluding diaryl/α,β-unsaturated/α-hetero) is 1. The Labute approximate surface area is 239 Å². The van der Waals surface area contributed by atoms with Gasteiger partial charge in [-0.05, 0) is 41.5 Å². The highest BCUT2D eigenvalue weighted by atomic mass is 16.7. The number of aliphatic hydroxyl groups is 3. The summed E-state index contributed by atoms with van der Waals surface area (Å²) in [5, 5.41) is 60.8. The van der Waals surface area contributed by atoms with Crippen molar-refractivity contribution in [2.75, 3.05) is 6.61 Å². The third-order valence-electron chi connectivity index (χ3n) is 6.87. The Hall–Kier alpha value is -4.62. The largest absolute Gasteiger partial charge is 0.508 e. The first-order chi connectivity index (χ1) is 20.1. The molecule has 12 nitrogen and oxygen atoms in total. The summed E-state index contributed by atoms with van der Waals surface area (Å²) in [7, 11) is 0. The van der Waals surface area contributed by atoms with Crippen LogP contribution < -0.4 is 9.47 Å². The zero-order valence-corrected chi connectivity index (χ0v) is 21.9. The van der Waals surface area contributed by atoms with E-state index in [0.717, 1.165) is 12.1 Å². The van der Waals surface area contributed by atoms with Crippen LogP contribution in [0.2, 0.25) is 0 Å². The van der Waals surface area contributed by atoms with Gasteiger partial charge in [-0.2, -0.15) is 0 Å². The fourth-order valence-electron chi connectivity index (χ4n) is 4.71. The SMILES string of the molecule is O=C(/C=C/c1ccc(O)cc1)O[C@@H]1[C@@H](O)[C@H](O)[C@H](Oc2cc(O)c3c(c2)O[C@@H](c2ccc(O)cc2)CC3=O)O[C@H]1CO. The smallest absolute Gasteiger partial charge is 0.331 e. The number of aromatic hydroxyl groups is 3. The van der Waals surface area contributed by atoms with Gasteiger partial charge in [0.15, 0.2) is 11.9 Å². The van der Waals surface area contributed by atoms with E-state index in [4.69, 9.17) is 18.9 Å². The molecule has 0 spiro atoms. The molecule has 220 valence electrons. The molecule has 0 amide bonds. The number of phenols is 3. The van der Waals surface area contributed by atoms with Crippen LogP contribution in [-0.2, 0) is 14.3 Å². The summed E-state index contributed by atoms with van der Waals surface area (Å²) in [6, 6.07) is 14.5. The van der Waals surface area contributed by atoms with Crippen LogP contribution in [0.4, 0.5) is 0 Å². The molecule has 0 aliphatic carbocycles. The first-order valence-electron chi connectivity index (χ1n) is 13.0. The molecule has 6 N–H and O–H groups in total. The van der Waals surface area contributed by atoms with Crippen molar-refractivity contribution in [1.29, 1.82) is 0 Å². The van der Waals surface area contributed by atoms with E-state index in [2.05, 4.69) is 0 Å². The van der Waals surface area contributed by atoms with Crippen LogP contribution in [0.25, 0.3) is 6.08 Å². The van der Waals surface area contributed by atoms with Gasteiger partial charge in [0.05, 0.1) is 13.0 Å². The Morgan fingerprint density at radius 3 is 2.29 bits per heavy atom. The number of aliphatic hydroxyl groups excluding tert-OH is 3. The van der Waals surface area contributed by atoms with Crippen molar-refractivity contribution in [1.82, 2.24) is 0 Å². The molecule has 6 atom stereocenters. The molecule has 12 heteroatoms. The Morgan fingerprint density at radius 1 is 0.952 bits per heavy atom. The van der Waals surface area contributed by atoms with Crippen molar-refractivity contribution in [3.63, 3.8) is 0 Å². The molecule has 1 fully saturated rings. The molecule has 2 aliphatic heterocycles. The van der Waals surface area contributed by atoms with Crippen molar-refractivity contribution in [3.8, 4) is 28.7 Å². The van der Waals surface area contributed by atoms with E-state index < -0.39 is 55.1 Å². The number of ether oxygens (including phenoxy) is 4. The van der Waals surface area contributed by atoms with Gasteiger partial charge in [-0.25, -0.2) is 4.79 Å². The van der Waals surface area contributed by atoms with E-state index in [1.165, 1.54) is 36.4 Å². The van der Waals surface area contributed by atoms with E-state index >= 15 is 0 Å². The van der Waals surface area contributed by atoms with E-state index in [-0.39, 0.29) is 40.8 Å². The zero-order valence-electron chi connectivity index (χ0n) is 21.9. The number of fused-ring (bicyclic) bond motifs is 1. The third-order valence-corrected chi connectivity index (χ3v) is 6.87. The molecule has 0 bridgehead atoms. The van der Waals surface area contributed by atoms with Crippen molar-refractivity contribution in [3.05, 3.63) is 83.4 Å². The summed E-state index contributed by atoms with van der Waals surface area (Å²) in [6.07, 6.45) is -6.05. The predicted molar refractivity (Wildman–Crippen MR) is 144 cm³/mol. The molecule has 42 heavy (non-hydrogen) atoms. The maximum atomic E-state index is 12.8. The van der Waals surface area contributed by atoms with Gasteiger partial charge in [-0.15, -0.1) is 0 Å². The number of rotatable bonds is 7. The maximum Gasteiger partial charge on any atom is 0.331 e. The Kier molecular flexibility index (Phi) is 8.31. The Bertz CT molecular complexity index is 1460. The number of ketones is 1. The van der Waals surface area contributed by atoms with Crippen LogP contribution in [0, 0.1) is 0 Å². The molecule has 0 radical (unpaired) electrons. The molecule has 3 aromatic rings. The minimum atomic E-state index is -1.75. The van der Waals surface area contributed by atoms with Crippen molar-refractivity contribution < 1.29 is 59.2 Å². The maximum absolute atomic E-state index is 12.8. The highest BCUT2D eigenvalue weighted by Crippen LogP contribution is 2.42. The molecule has 0 saturated carbocycles. The molecule has 2 heterocycles. The van der Waals surface area contributed by atoms with Crippen LogP contribution >= 0.6 is 0 Å². The Balaban J connectivity index is 1.28. The van der Waals surface area contributed by atoms with Crippen LogP contribution in [-0.4, -0.2) is 79.7 Å². The van der Waals surface area contributed by atoms with Gasteiger partial charge < -0.3 is 49.6 Å². The second-order valence-corrected chi connectivity index (χ2v) is 9.79. The predicted octanol–water partition coefficient (Wildman–Crippen LogP) is 1.95. The lowest BCUT2D eigenvalue weighted by Crippen LogP contribution is -2.61. The zero-order chi connectivity index (χ0) is 30.0. The lowest BCUT2D eigenvalue weighted by Gasteiger charge is -2.41. The van der Waals surface area contributed by atoms with E-state index in [1.807, 2.05) is 0 Å².